The van der Waals surface area contributed by atoms with Gasteiger partial charge in [-0.2, -0.15) is 0 Å². The highest BCUT2D eigenvalue weighted by molar-refractivity contribution is 9.10. The van der Waals surface area contributed by atoms with E-state index in [2.05, 4.69) is 31.2 Å². The molecule has 0 radical (unpaired) electrons. The number of aryl methyl sites for hydroxylation is 2. The van der Waals surface area contributed by atoms with Crippen LogP contribution >= 0.6 is 15.9 Å². The van der Waals surface area contributed by atoms with Crippen molar-refractivity contribution in [3.8, 4) is 0 Å². The highest BCUT2D eigenvalue weighted by Gasteiger charge is 2.07. The van der Waals surface area contributed by atoms with Gasteiger partial charge >= 0.3 is 0 Å². The summed E-state index contributed by atoms with van der Waals surface area (Å²) in [7, 11) is 0. The molecule has 0 aliphatic carbocycles. The van der Waals surface area contributed by atoms with Gasteiger partial charge in [-0.25, -0.2) is 4.98 Å². The maximum atomic E-state index is 12.0. The molecule has 0 bridgehead atoms. The van der Waals surface area contributed by atoms with E-state index in [1.54, 1.807) is 0 Å². The molecule has 22 heavy (non-hydrogen) atoms. The van der Waals surface area contributed by atoms with Crippen molar-refractivity contribution in [3.63, 3.8) is 0 Å². The topological polar surface area (TPSA) is 57.8 Å². The normalized spacial score (nSPS) is 10.8. The molecule has 0 aliphatic heterocycles. The molecule has 5 heteroatoms. The molecule has 0 aliphatic rings. The van der Waals surface area contributed by atoms with E-state index in [1.807, 2.05) is 49.4 Å². The van der Waals surface area contributed by atoms with Gasteiger partial charge < -0.3 is 10.3 Å². The van der Waals surface area contributed by atoms with Gasteiger partial charge in [0.05, 0.1) is 11.0 Å². The SMILES string of the molecule is Cc1cc(NC(=O)CCc2nc3ccccc3[nH]2)ccc1Br. The first kappa shape index (κ1) is 14.8. The summed E-state index contributed by atoms with van der Waals surface area (Å²) >= 11 is 3.45. The molecule has 2 aromatic carbocycles. The molecule has 1 heterocycles. The number of nitrogens with one attached hydrogen (secondary N) is 2. The number of carbonyl (C=O) groups is 1. The Morgan fingerprint density at radius 2 is 2.09 bits per heavy atom. The maximum Gasteiger partial charge on any atom is 0.224 e. The lowest BCUT2D eigenvalue weighted by Crippen LogP contribution is -2.12. The Labute approximate surface area is 137 Å². The number of benzene rings is 2. The Bertz CT molecular complexity index is 793. The van der Waals surface area contributed by atoms with Crippen LogP contribution in [0, 0.1) is 6.92 Å². The first-order chi connectivity index (χ1) is 10.6. The molecule has 0 saturated carbocycles. The van der Waals surface area contributed by atoms with Crippen molar-refractivity contribution >= 4 is 38.6 Å². The van der Waals surface area contributed by atoms with Crippen molar-refractivity contribution < 1.29 is 4.79 Å². The number of amides is 1. The fourth-order valence-corrected chi connectivity index (χ4v) is 2.55. The van der Waals surface area contributed by atoms with Crippen molar-refractivity contribution in [2.24, 2.45) is 0 Å². The van der Waals surface area contributed by atoms with Crippen molar-refractivity contribution in [1.29, 1.82) is 0 Å². The number of para-hydroxylation sites is 2. The number of halogens is 1. The molecule has 4 nitrogen and oxygen atoms in total. The van der Waals surface area contributed by atoms with Crippen LogP contribution < -0.4 is 5.32 Å². The van der Waals surface area contributed by atoms with Crippen molar-refractivity contribution in [2.45, 2.75) is 19.8 Å². The summed E-state index contributed by atoms with van der Waals surface area (Å²) in [6.07, 6.45) is 0.991. The number of carbonyl (C=O) groups excluding carboxylic acids is 1. The Morgan fingerprint density at radius 1 is 1.27 bits per heavy atom. The number of hydrogen-bond acceptors (Lipinski definition) is 2. The van der Waals surface area contributed by atoms with Crippen molar-refractivity contribution in [3.05, 3.63) is 58.3 Å². The van der Waals surface area contributed by atoms with Gasteiger partial charge in [0.1, 0.15) is 5.82 Å². The number of fused-ring (bicyclic) bond motifs is 1. The zero-order valence-electron chi connectivity index (χ0n) is 12.2. The van der Waals surface area contributed by atoms with E-state index in [4.69, 9.17) is 0 Å². The number of rotatable bonds is 4. The molecule has 112 valence electrons. The van der Waals surface area contributed by atoms with Crippen LogP contribution in [0.3, 0.4) is 0 Å². The van der Waals surface area contributed by atoms with Gasteiger partial charge in [-0.1, -0.05) is 28.1 Å². The van der Waals surface area contributed by atoms with Crippen LogP contribution in [0.15, 0.2) is 46.9 Å². The Balaban J connectivity index is 1.60. The minimum atomic E-state index is -0.0119. The average molecular weight is 358 g/mol. The van der Waals surface area contributed by atoms with Gasteiger partial charge in [-0.3, -0.25) is 4.79 Å². The predicted molar refractivity (Wildman–Crippen MR) is 91.9 cm³/mol. The zero-order chi connectivity index (χ0) is 15.5. The van der Waals surface area contributed by atoms with E-state index in [0.29, 0.717) is 12.8 Å². The van der Waals surface area contributed by atoms with Crippen LogP contribution in [0.4, 0.5) is 5.69 Å². The van der Waals surface area contributed by atoms with Crippen LogP contribution in [0.2, 0.25) is 0 Å². The second-order valence-corrected chi connectivity index (χ2v) is 6.07. The van der Waals surface area contributed by atoms with Gasteiger partial charge in [0, 0.05) is 23.0 Å². The third-order valence-corrected chi connectivity index (χ3v) is 4.36. The number of H-pyrrole nitrogens is 1. The van der Waals surface area contributed by atoms with Crippen LogP contribution in [0.25, 0.3) is 11.0 Å². The lowest BCUT2D eigenvalue weighted by molar-refractivity contribution is -0.116. The van der Waals surface area contributed by atoms with Gasteiger partial charge in [0.2, 0.25) is 5.91 Å². The average Bonchev–Trinajstić information content (AvgIpc) is 2.92. The van der Waals surface area contributed by atoms with Gasteiger partial charge in [-0.15, -0.1) is 0 Å². The zero-order valence-corrected chi connectivity index (χ0v) is 13.8. The fourth-order valence-electron chi connectivity index (χ4n) is 2.30. The minimum Gasteiger partial charge on any atom is -0.342 e. The van der Waals surface area contributed by atoms with Crippen LogP contribution in [0.1, 0.15) is 17.8 Å². The molecule has 0 spiro atoms. The van der Waals surface area contributed by atoms with E-state index in [1.165, 1.54) is 0 Å². The molecular formula is C17H16BrN3O. The third-order valence-electron chi connectivity index (χ3n) is 3.47. The molecule has 1 aromatic heterocycles. The Morgan fingerprint density at radius 3 is 2.86 bits per heavy atom. The second-order valence-electron chi connectivity index (χ2n) is 5.21. The van der Waals surface area contributed by atoms with Crippen LogP contribution in [-0.2, 0) is 11.2 Å². The largest absolute Gasteiger partial charge is 0.342 e. The number of aromatic nitrogens is 2. The van der Waals surface area contributed by atoms with Gasteiger partial charge in [-0.05, 0) is 42.8 Å². The summed E-state index contributed by atoms with van der Waals surface area (Å²) in [4.78, 5) is 19.7. The number of imidazole rings is 1. The van der Waals surface area contributed by atoms with E-state index in [0.717, 1.165) is 32.6 Å². The fraction of sp³-hybridized carbons (Fsp3) is 0.176. The molecule has 0 atom stereocenters. The first-order valence-electron chi connectivity index (χ1n) is 7.11. The first-order valence-corrected chi connectivity index (χ1v) is 7.91. The van der Waals surface area contributed by atoms with E-state index >= 15 is 0 Å². The molecule has 1 amide bonds. The molecule has 3 aromatic rings. The summed E-state index contributed by atoms with van der Waals surface area (Å²) in [6, 6.07) is 13.6. The lowest BCUT2D eigenvalue weighted by atomic mass is 10.2. The highest BCUT2D eigenvalue weighted by atomic mass is 79.9. The minimum absolute atomic E-state index is 0.0119. The summed E-state index contributed by atoms with van der Waals surface area (Å²) in [5.74, 6) is 0.825. The van der Waals surface area contributed by atoms with E-state index in [9.17, 15) is 4.79 Å². The third kappa shape index (κ3) is 3.36. The smallest absolute Gasteiger partial charge is 0.224 e. The van der Waals surface area contributed by atoms with Crippen molar-refractivity contribution in [2.75, 3.05) is 5.32 Å². The number of anilines is 1. The molecular weight excluding hydrogens is 342 g/mol. The van der Waals surface area contributed by atoms with E-state index in [-0.39, 0.29) is 5.91 Å². The van der Waals surface area contributed by atoms with Gasteiger partial charge in [0.25, 0.3) is 0 Å². The van der Waals surface area contributed by atoms with Crippen molar-refractivity contribution in [1.82, 2.24) is 9.97 Å². The highest BCUT2D eigenvalue weighted by Crippen LogP contribution is 2.20. The Hall–Kier alpha value is -2.14. The molecule has 0 unspecified atom stereocenters. The number of aromatic amines is 1. The van der Waals surface area contributed by atoms with Gasteiger partial charge in [0.15, 0.2) is 0 Å². The second kappa shape index (κ2) is 6.32. The molecule has 0 saturated heterocycles. The monoisotopic (exact) mass is 357 g/mol. The summed E-state index contributed by atoms with van der Waals surface area (Å²) in [5, 5.41) is 2.91. The standard InChI is InChI=1S/C17H16BrN3O/c1-11-10-12(6-7-13(11)18)19-17(22)9-8-16-20-14-4-2-3-5-15(14)21-16/h2-7,10H,8-9H2,1H3,(H,19,22)(H,20,21). The number of nitrogens with zero attached hydrogens (tertiary/aromatic N) is 1. The lowest BCUT2D eigenvalue weighted by Gasteiger charge is -2.06. The molecule has 0 fully saturated rings. The predicted octanol–water partition coefficient (Wildman–Crippen LogP) is 4.21. The molecule has 3 rings (SSSR count). The maximum absolute atomic E-state index is 12.0. The summed E-state index contributed by atoms with van der Waals surface area (Å²) in [6.45, 7) is 1.99. The van der Waals surface area contributed by atoms with Crippen LogP contribution in [-0.4, -0.2) is 15.9 Å². The summed E-state index contributed by atoms with van der Waals surface area (Å²) < 4.78 is 1.03. The molecule has 2 N–H and O–H groups in total. The van der Waals surface area contributed by atoms with Crippen LogP contribution in [0.5, 0.6) is 0 Å². The Kier molecular flexibility index (Phi) is 4.24. The van der Waals surface area contributed by atoms with E-state index < -0.39 is 0 Å². The summed E-state index contributed by atoms with van der Waals surface area (Å²) in [5.41, 5.74) is 3.84. The number of hydrogen-bond donors (Lipinski definition) is 2. The quantitative estimate of drug-likeness (QED) is 0.734.